The molecule has 0 saturated carbocycles. The summed E-state index contributed by atoms with van der Waals surface area (Å²) in [7, 11) is 0. The van der Waals surface area contributed by atoms with Crippen LogP contribution >= 0.6 is 0 Å². The number of likely N-dealkylation sites (N-methyl/N-ethyl adjacent to an activating group) is 1. The van der Waals surface area contributed by atoms with Crippen LogP contribution in [0.1, 0.15) is 51.4 Å². The Bertz CT molecular complexity index is 713. The summed E-state index contributed by atoms with van der Waals surface area (Å²) in [6, 6.07) is 6.21. The number of carbonyl (C=O) groups excluding carboxylic acids is 2. The molecular weight excluding hydrogens is 398 g/mol. The summed E-state index contributed by atoms with van der Waals surface area (Å²) >= 11 is 0. The fourth-order valence-electron chi connectivity index (χ4n) is 2.23. The monoisotopic (exact) mass is 435 g/mol. The molecular formula is C23H37N3O5. The zero-order chi connectivity index (χ0) is 23.9. The SMILES string of the molecule is C#CCOc1cccc(C(=O)NC(C)(C)CCOC(C)C)c1.CCNC(=O)[C@H](N)CO. The van der Waals surface area contributed by atoms with Crippen molar-refractivity contribution in [2.75, 3.05) is 26.4 Å². The summed E-state index contributed by atoms with van der Waals surface area (Å²) in [4.78, 5) is 22.9. The lowest BCUT2D eigenvalue weighted by Gasteiger charge is -2.26. The maximum Gasteiger partial charge on any atom is 0.251 e. The van der Waals surface area contributed by atoms with E-state index in [4.69, 9.17) is 26.7 Å². The van der Waals surface area contributed by atoms with Crippen LogP contribution in [0.3, 0.4) is 0 Å². The number of carbonyl (C=O) groups is 2. The van der Waals surface area contributed by atoms with E-state index < -0.39 is 6.04 Å². The molecule has 1 aromatic rings. The lowest BCUT2D eigenvalue weighted by molar-refractivity contribution is -0.123. The van der Waals surface area contributed by atoms with Crippen molar-refractivity contribution >= 4 is 11.8 Å². The van der Waals surface area contributed by atoms with Gasteiger partial charge in [-0.3, -0.25) is 9.59 Å². The summed E-state index contributed by atoms with van der Waals surface area (Å²) in [5, 5.41) is 13.8. The van der Waals surface area contributed by atoms with E-state index in [9.17, 15) is 9.59 Å². The van der Waals surface area contributed by atoms with Gasteiger partial charge in [0.25, 0.3) is 5.91 Å². The van der Waals surface area contributed by atoms with Crippen LogP contribution in [0.5, 0.6) is 5.75 Å². The third-order valence-electron chi connectivity index (χ3n) is 3.93. The predicted molar refractivity (Wildman–Crippen MR) is 122 cm³/mol. The van der Waals surface area contributed by atoms with Crippen molar-refractivity contribution in [3.8, 4) is 18.1 Å². The van der Waals surface area contributed by atoms with Crippen molar-refractivity contribution < 1.29 is 24.2 Å². The number of terminal acetylenes is 1. The molecule has 8 nitrogen and oxygen atoms in total. The van der Waals surface area contributed by atoms with Crippen LogP contribution in [0.2, 0.25) is 0 Å². The number of amides is 2. The topological polar surface area (TPSA) is 123 Å². The van der Waals surface area contributed by atoms with Crippen molar-refractivity contribution in [2.24, 2.45) is 5.73 Å². The highest BCUT2D eigenvalue weighted by Gasteiger charge is 2.21. The first-order valence-electron chi connectivity index (χ1n) is 10.3. The Balaban J connectivity index is 0.000000842. The van der Waals surface area contributed by atoms with E-state index in [1.807, 2.05) is 27.7 Å². The molecule has 0 aliphatic rings. The lowest BCUT2D eigenvalue weighted by atomic mass is 10.0. The fourth-order valence-corrected chi connectivity index (χ4v) is 2.23. The molecule has 0 spiro atoms. The van der Waals surface area contributed by atoms with Gasteiger partial charge in [-0.2, -0.15) is 0 Å². The molecule has 0 radical (unpaired) electrons. The Morgan fingerprint density at radius 1 is 1.32 bits per heavy atom. The molecule has 0 fully saturated rings. The van der Waals surface area contributed by atoms with Crippen molar-refractivity contribution in [1.82, 2.24) is 10.6 Å². The molecule has 0 heterocycles. The second-order valence-corrected chi connectivity index (χ2v) is 7.71. The first-order valence-corrected chi connectivity index (χ1v) is 10.3. The Morgan fingerprint density at radius 3 is 2.55 bits per heavy atom. The van der Waals surface area contributed by atoms with Gasteiger partial charge < -0.3 is 30.9 Å². The van der Waals surface area contributed by atoms with Crippen LogP contribution in [0, 0.1) is 12.3 Å². The third kappa shape index (κ3) is 13.3. The highest BCUT2D eigenvalue weighted by atomic mass is 16.5. The number of benzene rings is 1. The molecule has 31 heavy (non-hydrogen) atoms. The number of hydrogen-bond donors (Lipinski definition) is 4. The highest BCUT2D eigenvalue weighted by Crippen LogP contribution is 2.15. The van der Waals surface area contributed by atoms with E-state index in [0.29, 0.717) is 24.5 Å². The molecule has 8 heteroatoms. The molecule has 0 unspecified atom stereocenters. The van der Waals surface area contributed by atoms with Gasteiger partial charge in [0.2, 0.25) is 5.91 Å². The number of rotatable bonds is 11. The minimum atomic E-state index is -0.773. The first-order chi connectivity index (χ1) is 14.6. The van der Waals surface area contributed by atoms with Crippen molar-refractivity contribution in [2.45, 2.75) is 58.7 Å². The number of nitrogens with two attached hydrogens (primary N) is 1. The second-order valence-electron chi connectivity index (χ2n) is 7.71. The van der Waals surface area contributed by atoms with E-state index in [-0.39, 0.29) is 36.7 Å². The van der Waals surface area contributed by atoms with Crippen LogP contribution in [0.25, 0.3) is 0 Å². The molecule has 0 aliphatic carbocycles. The lowest BCUT2D eigenvalue weighted by Crippen LogP contribution is -2.44. The van der Waals surface area contributed by atoms with Gasteiger partial charge >= 0.3 is 0 Å². The third-order valence-corrected chi connectivity index (χ3v) is 3.93. The molecule has 1 atom stereocenters. The molecule has 2 amide bonds. The zero-order valence-corrected chi connectivity index (χ0v) is 19.2. The maximum atomic E-state index is 12.3. The molecule has 5 N–H and O–H groups in total. The van der Waals surface area contributed by atoms with Gasteiger partial charge in [0.15, 0.2) is 0 Å². The summed E-state index contributed by atoms with van der Waals surface area (Å²) in [6.45, 7) is 10.8. The zero-order valence-electron chi connectivity index (χ0n) is 19.2. The summed E-state index contributed by atoms with van der Waals surface area (Å²) in [6.07, 6.45) is 6.09. The fraction of sp³-hybridized carbons (Fsp3) is 0.565. The average Bonchev–Trinajstić information content (AvgIpc) is 2.71. The van der Waals surface area contributed by atoms with Crippen LogP contribution in [0.4, 0.5) is 0 Å². The largest absolute Gasteiger partial charge is 0.481 e. The smallest absolute Gasteiger partial charge is 0.251 e. The quantitative estimate of drug-likeness (QED) is 0.390. The van der Waals surface area contributed by atoms with Gasteiger partial charge in [-0.15, -0.1) is 6.42 Å². The van der Waals surface area contributed by atoms with E-state index in [1.54, 1.807) is 31.2 Å². The van der Waals surface area contributed by atoms with Gasteiger partial charge in [-0.25, -0.2) is 0 Å². The molecule has 0 saturated heterocycles. The Kier molecular flexibility index (Phi) is 14.0. The normalized spacial score (nSPS) is 11.6. The van der Waals surface area contributed by atoms with Crippen LogP contribution < -0.4 is 21.1 Å². The molecule has 0 aliphatic heterocycles. The minimum absolute atomic E-state index is 0.138. The number of aliphatic hydroxyl groups is 1. The van der Waals surface area contributed by atoms with E-state index in [2.05, 4.69) is 16.6 Å². The first kappa shape index (κ1) is 28.4. The van der Waals surface area contributed by atoms with Crippen molar-refractivity contribution in [3.05, 3.63) is 29.8 Å². The Hall–Kier alpha value is -2.60. The Labute approximate surface area is 185 Å². The van der Waals surface area contributed by atoms with E-state index in [1.165, 1.54) is 0 Å². The minimum Gasteiger partial charge on any atom is -0.481 e. The average molecular weight is 436 g/mol. The summed E-state index contributed by atoms with van der Waals surface area (Å²) in [5.74, 6) is 2.54. The van der Waals surface area contributed by atoms with Crippen molar-refractivity contribution in [1.29, 1.82) is 0 Å². The highest BCUT2D eigenvalue weighted by molar-refractivity contribution is 5.95. The molecule has 1 aromatic carbocycles. The number of nitrogens with one attached hydrogen (secondary N) is 2. The summed E-state index contributed by atoms with van der Waals surface area (Å²) in [5.41, 5.74) is 5.34. The molecule has 0 bridgehead atoms. The van der Waals surface area contributed by atoms with Gasteiger partial charge in [0.1, 0.15) is 18.4 Å². The van der Waals surface area contributed by atoms with Crippen LogP contribution in [-0.2, 0) is 9.53 Å². The molecule has 0 aromatic heterocycles. The maximum absolute atomic E-state index is 12.3. The van der Waals surface area contributed by atoms with Crippen LogP contribution in [0.15, 0.2) is 24.3 Å². The number of ether oxygens (including phenoxy) is 2. The molecule has 174 valence electrons. The van der Waals surface area contributed by atoms with Gasteiger partial charge in [-0.1, -0.05) is 12.0 Å². The van der Waals surface area contributed by atoms with Gasteiger partial charge in [-0.05, 0) is 59.2 Å². The van der Waals surface area contributed by atoms with Crippen molar-refractivity contribution in [3.63, 3.8) is 0 Å². The second kappa shape index (κ2) is 15.2. The number of hydrogen-bond acceptors (Lipinski definition) is 6. The van der Waals surface area contributed by atoms with E-state index in [0.717, 1.165) is 6.42 Å². The van der Waals surface area contributed by atoms with E-state index >= 15 is 0 Å². The standard InChI is InChI=1S/C18H25NO3.C5H12N2O2/c1-6-11-22-16-9-7-8-15(13-16)17(20)19-18(4,5)10-12-21-14(2)3;1-2-7-5(9)4(6)3-8/h1,7-9,13-14H,10-12H2,2-5H3,(H,19,20);4,8H,2-3,6H2,1H3,(H,7,9)/t;4-/m.1/s1. The van der Waals surface area contributed by atoms with Gasteiger partial charge in [0, 0.05) is 24.3 Å². The summed E-state index contributed by atoms with van der Waals surface area (Å²) < 4.78 is 10.9. The molecule has 1 rings (SSSR count). The Morgan fingerprint density at radius 2 is 2.00 bits per heavy atom. The number of aliphatic hydroxyl groups excluding tert-OH is 1. The van der Waals surface area contributed by atoms with Gasteiger partial charge in [0.05, 0.1) is 12.7 Å². The van der Waals surface area contributed by atoms with Crippen LogP contribution in [-0.4, -0.2) is 61.0 Å². The predicted octanol–water partition coefficient (Wildman–Crippen LogP) is 1.46.